The highest BCUT2D eigenvalue weighted by Crippen LogP contribution is 2.22. The predicted molar refractivity (Wildman–Crippen MR) is 69.0 cm³/mol. The molecule has 0 spiro atoms. The highest BCUT2D eigenvalue weighted by Gasteiger charge is 2.08. The number of benzene rings is 1. The highest BCUT2D eigenvalue weighted by molar-refractivity contribution is 7.17. The van der Waals surface area contributed by atoms with Crippen molar-refractivity contribution in [1.82, 2.24) is 5.32 Å². The molecule has 86 valence electrons. The monoisotopic (exact) mass is 237 g/mol. The third-order valence-corrected chi connectivity index (χ3v) is 3.58. The van der Waals surface area contributed by atoms with Gasteiger partial charge in [0.25, 0.3) is 0 Å². The number of thiophene rings is 1. The smallest absolute Gasteiger partial charge is 0.105 e. The minimum atomic E-state index is -0.310. The summed E-state index contributed by atoms with van der Waals surface area (Å²) in [6, 6.07) is 8.43. The molecule has 2 rings (SSSR count). The molecule has 1 aromatic heterocycles. The van der Waals surface area contributed by atoms with E-state index in [0.717, 1.165) is 13.0 Å². The summed E-state index contributed by atoms with van der Waals surface area (Å²) < 4.78 is 14.0. The van der Waals surface area contributed by atoms with Gasteiger partial charge in [-0.05, 0) is 41.4 Å². The number of alkyl halides is 1. The van der Waals surface area contributed by atoms with Crippen LogP contribution < -0.4 is 5.32 Å². The highest BCUT2D eigenvalue weighted by atomic mass is 32.1. The molecule has 0 bridgehead atoms. The number of likely N-dealkylation sites (N-methyl/N-ethyl adjacent to an activating group) is 1. The number of halogens is 1. The summed E-state index contributed by atoms with van der Waals surface area (Å²) in [5, 5.41) is 6.50. The van der Waals surface area contributed by atoms with Crippen molar-refractivity contribution in [2.24, 2.45) is 0 Å². The van der Waals surface area contributed by atoms with E-state index in [1.54, 1.807) is 11.3 Å². The van der Waals surface area contributed by atoms with E-state index >= 15 is 0 Å². The molecular formula is C13H16FNS. The van der Waals surface area contributed by atoms with Crippen molar-refractivity contribution < 1.29 is 4.39 Å². The number of nitrogens with one attached hydrogen (secondary N) is 1. The number of fused-ring (bicyclic) bond motifs is 1. The summed E-state index contributed by atoms with van der Waals surface area (Å²) >= 11 is 1.74. The van der Waals surface area contributed by atoms with Crippen LogP contribution in [0.2, 0.25) is 0 Å². The second-order valence-electron chi connectivity index (χ2n) is 3.91. The lowest BCUT2D eigenvalue weighted by atomic mass is 10.1. The Balaban J connectivity index is 2.13. The van der Waals surface area contributed by atoms with Crippen LogP contribution >= 0.6 is 11.3 Å². The summed E-state index contributed by atoms with van der Waals surface area (Å²) in [6.45, 7) is 2.51. The van der Waals surface area contributed by atoms with Crippen LogP contribution in [0.5, 0.6) is 0 Å². The molecule has 0 aliphatic rings. The predicted octanol–water partition coefficient (Wildman–Crippen LogP) is 3.39. The largest absolute Gasteiger partial charge is 0.311 e. The Kier molecular flexibility index (Phi) is 3.91. The van der Waals surface area contributed by atoms with Gasteiger partial charge in [-0.15, -0.1) is 11.3 Å². The van der Waals surface area contributed by atoms with Crippen molar-refractivity contribution in [2.45, 2.75) is 19.4 Å². The molecule has 0 radical (unpaired) electrons. The second kappa shape index (κ2) is 5.41. The molecule has 1 atom stereocenters. The van der Waals surface area contributed by atoms with E-state index in [-0.39, 0.29) is 12.7 Å². The first-order valence-electron chi connectivity index (χ1n) is 5.59. The Bertz CT molecular complexity index is 452. The van der Waals surface area contributed by atoms with Crippen LogP contribution in [0.15, 0.2) is 29.6 Å². The molecule has 1 unspecified atom stereocenters. The topological polar surface area (TPSA) is 12.0 Å². The van der Waals surface area contributed by atoms with E-state index in [1.807, 2.05) is 6.92 Å². The van der Waals surface area contributed by atoms with Crippen LogP contribution in [-0.2, 0) is 6.42 Å². The molecule has 1 N–H and O–H groups in total. The lowest BCUT2D eigenvalue weighted by Crippen LogP contribution is -2.32. The molecular weight excluding hydrogens is 221 g/mol. The zero-order valence-electron chi connectivity index (χ0n) is 9.37. The molecule has 1 nitrogen and oxygen atoms in total. The zero-order chi connectivity index (χ0) is 11.4. The molecule has 0 saturated heterocycles. The van der Waals surface area contributed by atoms with Gasteiger partial charge in [-0.3, -0.25) is 0 Å². The zero-order valence-corrected chi connectivity index (χ0v) is 10.2. The van der Waals surface area contributed by atoms with Gasteiger partial charge in [0, 0.05) is 10.7 Å². The maximum Gasteiger partial charge on any atom is 0.105 e. The average molecular weight is 237 g/mol. The third-order valence-electron chi connectivity index (χ3n) is 2.68. The van der Waals surface area contributed by atoms with Gasteiger partial charge in [0.15, 0.2) is 0 Å². The maximum atomic E-state index is 12.7. The normalized spacial score (nSPS) is 13.1. The van der Waals surface area contributed by atoms with E-state index in [0.29, 0.717) is 0 Å². The Morgan fingerprint density at radius 1 is 1.38 bits per heavy atom. The quantitative estimate of drug-likeness (QED) is 0.840. The second-order valence-corrected chi connectivity index (χ2v) is 4.85. The summed E-state index contributed by atoms with van der Waals surface area (Å²) in [4.78, 5) is 0. The van der Waals surface area contributed by atoms with Crippen LogP contribution in [0.25, 0.3) is 10.1 Å². The molecule has 1 heterocycles. The minimum absolute atomic E-state index is 0.0546. The lowest BCUT2D eigenvalue weighted by Gasteiger charge is -2.13. The fourth-order valence-electron chi connectivity index (χ4n) is 1.90. The fraction of sp³-hybridized carbons (Fsp3) is 0.385. The Hall–Kier alpha value is -0.930. The van der Waals surface area contributed by atoms with Crippen molar-refractivity contribution in [3.8, 4) is 0 Å². The number of hydrogen-bond acceptors (Lipinski definition) is 2. The molecule has 16 heavy (non-hydrogen) atoms. The van der Waals surface area contributed by atoms with Gasteiger partial charge in [0.1, 0.15) is 6.67 Å². The molecule has 0 saturated carbocycles. The Labute approximate surface area is 99.3 Å². The molecule has 0 aliphatic carbocycles. The first-order valence-corrected chi connectivity index (χ1v) is 6.47. The maximum absolute atomic E-state index is 12.7. The summed E-state index contributed by atoms with van der Waals surface area (Å²) in [6.07, 6.45) is 0.760. The minimum Gasteiger partial charge on any atom is -0.311 e. The van der Waals surface area contributed by atoms with Crippen molar-refractivity contribution in [3.63, 3.8) is 0 Å². The van der Waals surface area contributed by atoms with Crippen LogP contribution in [0.3, 0.4) is 0 Å². The van der Waals surface area contributed by atoms with E-state index in [4.69, 9.17) is 0 Å². The van der Waals surface area contributed by atoms with Crippen molar-refractivity contribution in [2.75, 3.05) is 13.2 Å². The van der Waals surface area contributed by atoms with Crippen molar-refractivity contribution >= 4 is 21.4 Å². The van der Waals surface area contributed by atoms with Gasteiger partial charge in [-0.1, -0.05) is 19.1 Å². The summed E-state index contributed by atoms with van der Waals surface area (Å²) in [5.74, 6) is 0. The first-order chi connectivity index (χ1) is 7.83. The SMILES string of the molecule is CCNC(CF)Cc1ccc2sccc2c1. The Morgan fingerprint density at radius 2 is 2.25 bits per heavy atom. The lowest BCUT2D eigenvalue weighted by molar-refractivity contribution is 0.377. The van der Waals surface area contributed by atoms with Crippen LogP contribution in [0, 0.1) is 0 Å². The summed E-state index contributed by atoms with van der Waals surface area (Å²) in [7, 11) is 0. The van der Waals surface area contributed by atoms with E-state index < -0.39 is 0 Å². The molecule has 0 amide bonds. The number of rotatable bonds is 5. The molecule has 1 aromatic carbocycles. The van der Waals surface area contributed by atoms with E-state index in [2.05, 4.69) is 35.0 Å². The molecule has 3 heteroatoms. The first kappa shape index (κ1) is 11.6. The van der Waals surface area contributed by atoms with Crippen molar-refractivity contribution in [1.29, 1.82) is 0 Å². The van der Waals surface area contributed by atoms with Gasteiger partial charge in [-0.25, -0.2) is 4.39 Å². The third kappa shape index (κ3) is 2.60. The van der Waals surface area contributed by atoms with E-state index in [9.17, 15) is 4.39 Å². The van der Waals surface area contributed by atoms with E-state index in [1.165, 1.54) is 15.6 Å². The molecule has 0 fully saturated rings. The number of hydrogen-bond donors (Lipinski definition) is 1. The van der Waals surface area contributed by atoms with Crippen LogP contribution in [-0.4, -0.2) is 19.3 Å². The van der Waals surface area contributed by atoms with Crippen LogP contribution in [0.4, 0.5) is 4.39 Å². The molecule has 2 aromatic rings. The summed E-state index contributed by atoms with van der Waals surface area (Å²) in [5.41, 5.74) is 1.20. The Morgan fingerprint density at radius 3 is 3.00 bits per heavy atom. The average Bonchev–Trinajstić information content (AvgIpc) is 2.75. The van der Waals surface area contributed by atoms with Gasteiger partial charge in [0.05, 0.1) is 0 Å². The van der Waals surface area contributed by atoms with Gasteiger partial charge >= 0.3 is 0 Å². The van der Waals surface area contributed by atoms with Gasteiger partial charge in [0.2, 0.25) is 0 Å². The van der Waals surface area contributed by atoms with Gasteiger partial charge in [-0.2, -0.15) is 0 Å². The standard InChI is InChI=1S/C13H16FNS/c1-2-15-12(9-14)8-10-3-4-13-11(7-10)5-6-16-13/h3-7,12,15H,2,8-9H2,1H3. The fourth-order valence-corrected chi connectivity index (χ4v) is 2.67. The molecule has 0 aliphatic heterocycles. The van der Waals surface area contributed by atoms with Crippen molar-refractivity contribution in [3.05, 3.63) is 35.2 Å². The van der Waals surface area contributed by atoms with Crippen LogP contribution in [0.1, 0.15) is 12.5 Å². The van der Waals surface area contributed by atoms with Gasteiger partial charge < -0.3 is 5.32 Å².